The van der Waals surface area contributed by atoms with Gasteiger partial charge in [0.15, 0.2) is 0 Å². The van der Waals surface area contributed by atoms with Crippen LogP contribution in [-0.4, -0.2) is 50.9 Å². The lowest BCUT2D eigenvalue weighted by Gasteiger charge is -2.04. The Bertz CT molecular complexity index is 766. The number of hydrogen-bond acceptors (Lipinski definition) is 8. The maximum absolute atomic E-state index is 10.8. The van der Waals surface area contributed by atoms with Gasteiger partial charge in [-0.2, -0.15) is 0 Å². The maximum atomic E-state index is 10.8. The maximum Gasteiger partial charge on any atom is 0.362 e. The van der Waals surface area contributed by atoms with Crippen molar-refractivity contribution in [2.45, 2.75) is 32.2 Å². The number of carbonyl (C=O) groups is 2. The first kappa shape index (κ1) is 27.9. The summed E-state index contributed by atoms with van der Waals surface area (Å²) in [6, 6.07) is 20.0. The summed E-state index contributed by atoms with van der Waals surface area (Å²) in [7, 11) is 3.72. The lowest BCUT2D eigenvalue weighted by Crippen LogP contribution is -2.23. The fourth-order valence-corrected chi connectivity index (χ4v) is 2.00. The van der Waals surface area contributed by atoms with Crippen LogP contribution in [0.2, 0.25) is 0 Å². The van der Waals surface area contributed by atoms with E-state index in [2.05, 4.69) is 19.2 Å². The first-order valence-corrected chi connectivity index (χ1v) is 9.52. The van der Waals surface area contributed by atoms with Crippen molar-refractivity contribution in [2.24, 2.45) is 10.7 Å². The average Bonchev–Trinajstić information content (AvgIpc) is 2.83. The van der Waals surface area contributed by atoms with Gasteiger partial charge < -0.3 is 25.1 Å². The first-order chi connectivity index (χ1) is 14.8. The van der Waals surface area contributed by atoms with Gasteiger partial charge in [0.25, 0.3) is 6.29 Å². The van der Waals surface area contributed by atoms with E-state index in [0.29, 0.717) is 0 Å². The highest BCUT2D eigenvalue weighted by Gasteiger charge is 2.12. The van der Waals surface area contributed by atoms with E-state index in [1.807, 2.05) is 74.5 Å². The lowest BCUT2D eigenvalue weighted by atomic mass is 10.1. The van der Waals surface area contributed by atoms with Crippen LogP contribution in [-0.2, 0) is 23.8 Å². The van der Waals surface area contributed by atoms with E-state index < -0.39 is 18.2 Å². The topological polar surface area (TPSA) is 120 Å². The number of esters is 2. The van der Waals surface area contributed by atoms with Crippen LogP contribution >= 0.6 is 0 Å². The van der Waals surface area contributed by atoms with Gasteiger partial charge in [0.05, 0.1) is 20.3 Å². The molecule has 0 aromatic heterocycles. The van der Waals surface area contributed by atoms with Gasteiger partial charge in [0, 0.05) is 13.2 Å². The quantitative estimate of drug-likeness (QED) is 0.409. The highest BCUT2D eigenvalue weighted by atomic mass is 16.6. The molecule has 2 aromatic rings. The Balaban J connectivity index is 0.000000461. The molecule has 2 rings (SSSR count). The van der Waals surface area contributed by atoms with Crippen LogP contribution in [0, 0.1) is 0 Å². The van der Waals surface area contributed by atoms with E-state index in [1.54, 1.807) is 0 Å². The number of benzene rings is 2. The summed E-state index contributed by atoms with van der Waals surface area (Å²) in [5.41, 5.74) is 7.88. The minimum atomic E-state index is -1.44. The third-order valence-corrected chi connectivity index (χ3v) is 3.84. The molecule has 0 aliphatic rings. The monoisotopic (exact) mass is 432 g/mol. The molecule has 0 saturated heterocycles. The molecule has 0 aliphatic heterocycles. The van der Waals surface area contributed by atoms with Crippen LogP contribution in [0.1, 0.15) is 37.1 Å². The Morgan fingerprint density at radius 2 is 1.39 bits per heavy atom. The molecular formula is C23H32N2O6. The molecule has 8 heteroatoms. The van der Waals surface area contributed by atoms with Crippen LogP contribution in [0.3, 0.4) is 0 Å². The molecule has 170 valence electrons. The summed E-state index contributed by atoms with van der Waals surface area (Å²) in [5, 5.41) is 8.43. The van der Waals surface area contributed by atoms with Crippen LogP contribution in [0.25, 0.3) is 0 Å². The van der Waals surface area contributed by atoms with E-state index in [-0.39, 0.29) is 12.1 Å². The fourth-order valence-electron chi connectivity index (χ4n) is 2.00. The molecular weight excluding hydrogens is 400 g/mol. The molecule has 2 aromatic carbocycles. The van der Waals surface area contributed by atoms with Crippen LogP contribution in [0.4, 0.5) is 0 Å². The molecule has 0 spiro atoms. The van der Waals surface area contributed by atoms with Crippen molar-refractivity contribution in [3.8, 4) is 0 Å². The van der Waals surface area contributed by atoms with E-state index in [4.69, 9.17) is 10.8 Å². The smallest absolute Gasteiger partial charge is 0.362 e. The van der Waals surface area contributed by atoms with Gasteiger partial charge in [-0.25, -0.2) is 9.59 Å². The van der Waals surface area contributed by atoms with Gasteiger partial charge in [-0.3, -0.25) is 4.99 Å². The van der Waals surface area contributed by atoms with Gasteiger partial charge in [-0.15, -0.1) is 0 Å². The van der Waals surface area contributed by atoms with E-state index >= 15 is 0 Å². The Kier molecular flexibility index (Phi) is 15.0. The third-order valence-electron chi connectivity index (χ3n) is 3.84. The molecule has 3 N–H and O–H groups in total. The number of carbonyl (C=O) groups excluding carboxylic acids is 2. The van der Waals surface area contributed by atoms with Crippen molar-refractivity contribution in [3.63, 3.8) is 0 Å². The van der Waals surface area contributed by atoms with Gasteiger partial charge >= 0.3 is 11.9 Å². The highest BCUT2D eigenvalue weighted by molar-refractivity contribution is 6.23. The van der Waals surface area contributed by atoms with Gasteiger partial charge in [0.2, 0.25) is 0 Å². The summed E-state index contributed by atoms with van der Waals surface area (Å²) in [6.45, 7) is 3.91. The lowest BCUT2D eigenvalue weighted by molar-refractivity contribution is -0.174. The molecule has 8 nitrogen and oxygen atoms in total. The van der Waals surface area contributed by atoms with Crippen molar-refractivity contribution < 1.29 is 28.9 Å². The zero-order chi connectivity index (χ0) is 23.6. The van der Waals surface area contributed by atoms with Crippen molar-refractivity contribution >= 4 is 18.2 Å². The molecule has 0 amide bonds. The third kappa shape index (κ3) is 13.0. The minimum Gasteiger partial charge on any atom is -0.465 e. The Morgan fingerprint density at radius 3 is 1.71 bits per heavy atom. The van der Waals surface area contributed by atoms with Crippen molar-refractivity contribution in [1.82, 2.24) is 0 Å². The summed E-state index contributed by atoms with van der Waals surface area (Å²) in [4.78, 5) is 25.0. The number of hydrogen-bond donors (Lipinski definition) is 2. The minimum absolute atomic E-state index is 0.0182. The van der Waals surface area contributed by atoms with E-state index in [1.165, 1.54) is 33.1 Å². The summed E-state index contributed by atoms with van der Waals surface area (Å²) in [6.07, 6.45) is -0.238. The molecule has 0 fully saturated rings. The molecule has 3 atom stereocenters. The Morgan fingerprint density at radius 1 is 0.903 bits per heavy atom. The number of aliphatic imine (C=N–C) groups is 1. The number of rotatable bonds is 6. The second-order valence-electron chi connectivity index (χ2n) is 6.20. The number of aliphatic hydroxyl groups is 1. The standard InChI is InChI=1S/C11H13NO2.C8H11N.C4H8O4/c1-9(12-8-11(13)14-2)10-6-4-3-5-7-10;1-7(9)8-5-3-2-4-6-8;1-7-3(5)4(6)8-2/h3-9H,1-2H3;2-7H,9H2,1H3;3,5H,1-2H3. The molecule has 3 unspecified atom stereocenters. The number of aliphatic hydroxyl groups excluding tert-OH is 1. The molecule has 0 bridgehead atoms. The average molecular weight is 433 g/mol. The molecule has 31 heavy (non-hydrogen) atoms. The predicted octanol–water partition coefficient (Wildman–Crippen LogP) is 2.82. The Hall–Kier alpha value is -3.07. The normalized spacial score (nSPS) is 12.9. The number of ether oxygens (including phenoxy) is 3. The van der Waals surface area contributed by atoms with Crippen LogP contribution in [0.15, 0.2) is 65.7 Å². The summed E-state index contributed by atoms with van der Waals surface area (Å²) >= 11 is 0. The van der Waals surface area contributed by atoms with Crippen molar-refractivity contribution in [2.75, 3.05) is 21.3 Å². The van der Waals surface area contributed by atoms with Gasteiger partial charge in [-0.05, 0) is 25.0 Å². The molecule has 0 radical (unpaired) electrons. The summed E-state index contributed by atoms with van der Waals surface area (Å²) < 4.78 is 12.7. The zero-order valence-corrected chi connectivity index (χ0v) is 18.6. The number of nitrogens with two attached hydrogens (primary N) is 1. The second-order valence-corrected chi connectivity index (χ2v) is 6.20. The van der Waals surface area contributed by atoms with Crippen molar-refractivity contribution in [1.29, 1.82) is 0 Å². The van der Waals surface area contributed by atoms with Gasteiger partial charge in [0.1, 0.15) is 6.21 Å². The van der Waals surface area contributed by atoms with E-state index in [9.17, 15) is 9.59 Å². The highest BCUT2D eigenvalue weighted by Crippen LogP contribution is 2.14. The van der Waals surface area contributed by atoms with E-state index in [0.717, 1.165) is 5.56 Å². The number of nitrogens with zero attached hydrogens (tertiary/aromatic N) is 1. The largest absolute Gasteiger partial charge is 0.465 e. The molecule has 0 aliphatic carbocycles. The zero-order valence-electron chi connectivity index (χ0n) is 18.6. The first-order valence-electron chi connectivity index (χ1n) is 9.52. The SMILES string of the molecule is CC(N)c1ccccc1.COC(=O)C(O)OC.COC(=O)C=NC(C)c1ccccc1. The molecule has 0 saturated carbocycles. The molecule has 0 heterocycles. The fraction of sp³-hybridized carbons (Fsp3) is 0.348. The van der Waals surface area contributed by atoms with Crippen molar-refractivity contribution in [3.05, 3.63) is 71.8 Å². The summed E-state index contributed by atoms with van der Waals surface area (Å²) in [5.74, 6) is -1.21. The van der Waals surface area contributed by atoms with Gasteiger partial charge in [-0.1, -0.05) is 60.7 Å². The number of methoxy groups -OCH3 is 3. The van der Waals surface area contributed by atoms with Crippen LogP contribution in [0.5, 0.6) is 0 Å². The Labute approximate surface area is 183 Å². The van der Waals surface area contributed by atoms with Crippen LogP contribution < -0.4 is 5.73 Å². The predicted molar refractivity (Wildman–Crippen MR) is 119 cm³/mol. The second kappa shape index (κ2) is 16.7.